The molecule has 4 aliphatic rings. The Labute approximate surface area is 711 Å². The number of nitrogen functional groups attached to an aromatic ring is 2. The molecule has 7 heterocycles. The zero-order valence-electron chi connectivity index (χ0n) is 72.7. The molecule has 121 heavy (non-hydrogen) atoms. The molecular weight excluding hydrogens is 1560 g/mol. The molecule has 3 fully saturated rings. The molecular formula is C89H133N11O21. The van der Waals surface area contributed by atoms with Gasteiger partial charge in [0, 0.05) is 96.2 Å². The van der Waals surface area contributed by atoms with E-state index < -0.39 is 77.8 Å². The third-order valence-electron chi connectivity index (χ3n) is 23.6. The van der Waals surface area contributed by atoms with Crippen molar-refractivity contribution < 1.29 is 100 Å². The highest BCUT2D eigenvalue weighted by Gasteiger charge is 2.53. The average Bonchev–Trinajstić information content (AvgIpc) is 1.75. The highest BCUT2D eigenvalue weighted by Crippen LogP contribution is 2.40. The predicted octanol–water partition coefficient (Wildman–Crippen LogP) is 10.3. The van der Waals surface area contributed by atoms with Gasteiger partial charge in [0.15, 0.2) is 17.0 Å². The standard InChI is InChI=1S/C89H133N11O21/c1-58-21-13-11-14-22-59(2)75(109-8)54-69-29-26-64(7)89(108,121-69)83(105)86(106)99-33-19-16-25-71(99)87(107)119-76(55-72(102)60(3)50-63(6)81(104)82(111-10)80(103)62(5)49-58)61(4)51-65-27-30-74(77(52-65)110-9)118-36-20-17-23-67-56-98(97-95-67)35-38-113-40-42-115-44-46-117-48-47-116-45-43-114-41-39-112-37-32-68(101)24-15-12-18-34-100-85-78(84(90)92-57-93-85)79(96-100)66-28-31-73-70(53-66)94-88(91)120-73/h11,13-14,21-22,28,31,50,53,56-58,60-62,64-65,69,71,74-77,81-82,104,108H,12,15-20,23-27,29-30,32-49,51-52,54-55H2,1-10H3,(H2,91,94)(H2,90,92,93)/b14-11+,21-13+,59-22+,63-50+/t58-,60-,61-,62-,64-,65+,69+,71+,74-,75+,76+,77-,81-,82+,89-/m1/s1. The molecule has 2 bridgehead atoms. The number of esters is 1. The molecule has 4 aromatic heterocycles. The smallest absolute Gasteiger partial charge is 0.329 e. The van der Waals surface area contributed by atoms with Crippen LogP contribution in [0.3, 0.4) is 0 Å². The number of carbonyl (C=O) groups excluding carboxylic acids is 6. The molecule has 1 aromatic carbocycles. The van der Waals surface area contributed by atoms with Crippen molar-refractivity contribution in [3.05, 3.63) is 84.0 Å². The van der Waals surface area contributed by atoms with Gasteiger partial charge in [-0.05, 0) is 157 Å². The second-order valence-electron chi connectivity index (χ2n) is 32.9. The molecule has 670 valence electrons. The lowest BCUT2D eigenvalue weighted by atomic mass is 9.78. The first-order chi connectivity index (χ1) is 58.4. The number of nitrogens with two attached hydrogens (primary N) is 2. The number of oxazole rings is 1. The first kappa shape index (κ1) is 96.9. The summed E-state index contributed by atoms with van der Waals surface area (Å²) in [4.78, 5) is 98.9. The fourth-order valence-electron chi connectivity index (χ4n) is 16.4. The largest absolute Gasteiger partial charge is 0.460 e. The van der Waals surface area contributed by atoms with Crippen LogP contribution in [-0.2, 0) is 105 Å². The van der Waals surface area contributed by atoms with Crippen LogP contribution in [0.1, 0.15) is 176 Å². The Balaban J connectivity index is 0.619. The molecule has 1 aliphatic carbocycles. The summed E-state index contributed by atoms with van der Waals surface area (Å²) >= 11 is 0. The fourth-order valence-corrected chi connectivity index (χ4v) is 16.4. The third kappa shape index (κ3) is 29.3. The van der Waals surface area contributed by atoms with E-state index in [0.29, 0.717) is 202 Å². The number of Topliss-reactive ketones (excluding diaryl/α,β-unsaturated/α-hetero) is 4. The minimum absolute atomic E-state index is 0.00435. The number of ketones is 4. The molecule has 32 nitrogen and oxygen atoms in total. The van der Waals surface area contributed by atoms with Crippen molar-refractivity contribution in [3.63, 3.8) is 0 Å². The molecule has 1 saturated carbocycles. The Morgan fingerprint density at radius 3 is 2.16 bits per heavy atom. The van der Waals surface area contributed by atoms with Crippen molar-refractivity contribution in [3.8, 4) is 11.3 Å². The number of aliphatic hydroxyl groups is 2. The number of fused-ring (bicyclic) bond motifs is 5. The lowest BCUT2D eigenvalue weighted by Crippen LogP contribution is -2.61. The number of amides is 1. The molecule has 5 aromatic rings. The summed E-state index contributed by atoms with van der Waals surface area (Å²) < 4.78 is 79.7. The molecule has 32 heteroatoms. The summed E-state index contributed by atoms with van der Waals surface area (Å²) in [5.41, 5.74) is 17.4. The van der Waals surface area contributed by atoms with E-state index in [9.17, 15) is 39.0 Å². The number of piperidine rings is 1. The number of ether oxygens (including phenoxy) is 12. The molecule has 15 atom stereocenters. The van der Waals surface area contributed by atoms with E-state index in [2.05, 4.69) is 25.3 Å². The zero-order chi connectivity index (χ0) is 86.8. The number of cyclic esters (lactones) is 1. The predicted molar refractivity (Wildman–Crippen MR) is 452 cm³/mol. The number of rotatable bonds is 40. The molecule has 3 aliphatic heterocycles. The summed E-state index contributed by atoms with van der Waals surface area (Å²) in [5.74, 6) is -7.68. The van der Waals surface area contributed by atoms with Crippen molar-refractivity contribution in [1.82, 2.24) is 44.6 Å². The number of aromatic nitrogens is 8. The second kappa shape index (κ2) is 50.1. The monoisotopic (exact) mass is 1690 g/mol. The van der Waals surface area contributed by atoms with E-state index in [1.807, 2.05) is 81.1 Å². The minimum atomic E-state index is -2.46. The van der Waals surface area contributed by atoms with Crippen molar-refractivity contribution in [2.24, 2.45) is 35.5 Å². The number of allylic oxidation sites excluding steroid dienone is 6. The maximum absolute atomic E-state index is 14.8. The summed E-state index contributed by atoms with van der Waals surface area (Å²) in [6.07, 6.45) is 20.8. The van der Waals surface area contributed by atoms with Crippen LogP contribution in [0, 0.1) is 35.5 Å². The van der Waals surface area contributed by atoms with E-state index in [1.54, 1.807) is 51.8 Å². The van der Waals surface area contributed by atoms with Gasteiger partial charge < -0.3 is 87.8 Å². The first-order valence-corrected chi connectivity index (χ1v) is 43.5. The number of hydrogen-bond acceptors (Lipinski definition) is 29. The molecule has 0 radical (unpaired) electrons. The summed E-state index contributed by atoms with van der Waals surface area (Å²) in [5, 5.41) is 38.0. The summed E-state index contributed by atoms with van der Waals surface area (Å²) in [6.45, 7) is 19.5. The van der Waals surface area contributed by atoms with E-state index in [4.69, 9.17) is 77.8 Å². The number of carbonyl (C=O) groups is 6. The number of unbranched alkanes of at least 4 members (excludes halogenated alkanes) is 3. The van der Waals surface area contributed by atoms with Gasteiger partial charge in [-0.25, -0.2) is 24.1 Å². The van der Waals surface area contributed by atoms with Gasteiger partial charge >= 0.3 is 5.97 Å². The number of aliphatic hydroxyl groups excluding tert-OH is 1. The van der Waals surface area contributed by atoms with Crippen LogP contribution in [0.4, 0.5) is 11.8 Å². The molecule has 2 saturated heterocycles. The second-order valence-corrected chi connectivity index (χ2v) is 32.9. The van der Waals surface area contributed by atoms with Crippen LogP contribution < -0.4 is 11.5 Å². The molecule has 6 N–H and O–H groups in total. The SMILES string of the molecule is CO[C@H]1C[C@@H]2CC[C@@H](C)[C@@](O)(O2)C(=O)C(=O)N2CCCC[C@H]2C(=O)O[C@H]([C@H](C)C[C@@H]2CC[C@@H](OCCCCc3cn(CCOCCOCCOCCOCCOCCOCCC(=O)CCCCCn4nc(-c5ccc6oc(N)nc6c5)c5c(N)ncnc54)nn3)[C@H](OC)C2)CC(=O)[C@H](C)/C=C(\C)[C@@H](O)[C@@H](OC)C(=O)[C@H](C)C[C@H](C)/C=C/C=C/C=C/1C. The van der Waals surface area contributed by atoms with Gasteiger partial charge in [0.2, 0.25) is 5.79 Å². The van der Waals surface area contributed by atoms with Crippen LogP contribution in [0.25, 0.3) is 33.4 Å². The van der Waals surface area contributed by atoms with E-state index in [1.165, 1.54) is 18.3 Å². The minimum Gasteiger partial charge on any atom is -0.460 e. The number of nitrogens with zero attached hydrogens (tertiary/aromatic N) is 9. The van der Waals surface area contributed by atoms with Crippen molar-refractivity contribution in [2.45, 2.75) is 245 Å². The van der Waals surface area contributed by atoms with Crippen molar-refractivity contribution in [2.75, 3.05) is 125 Å². The van der Waals surface area contributed by atoms with E-state index >= 15 is 0 Å². The maximum Gasteiger partial charge on any atom is 0.329 e. The molecule has 0 spiro atoms. The van der Waals surface area contributed by atoms with Gasteiger partial charge in [-0.1, -0.05) is 82.7 Å². The molecule has 1 amide bonds. The molecule has 0 unspecified atom stereocenters. The summed E-state index contributed by atoms with van der Waals surface area (Å²) in [6, 6.07) is 4.44. The van der Waals surface area contributed by atoms with Crippen LogP contribution >= 0.6 is 0 Å². The third-order valence-corrected chi connectivity index (χ3v) is 23.6. The van der Waals surface area contributed by atoms with Gasteiger partial charge in [0.05, 0.1) is 121 Å². The van der Waals surface area contributed by atoms with E-state index in [0.717, 1.165) is 68.2 Å². The Hall–Kier alpha value is -7.96. The van der Waals surface area contributed by atoms with Gasteiger partial charge in [0.1, 0.15) is 59.3 Å². The van der Waals surface area contributed by atoms with E-state index in [-0.39, 0.29) is 72.7 Å². The van der Waals surface area contributed by atoms with Crippen LogP contribution in [0.2, 0.25) is 0 Å². The Bertz CT molecular complexity index is 4200. The highest BCUT2D eigenvalue weighted by atomic mass is 16.6. The Kier molecular flexibility index (Phi) is 40.1. The number of benzene rings is 1. The van der Waals surface area contributed by atoms with Crippen LogP contribution in [0.5, 0.6) is 0 Å². The Morgan fingerprint density at radius 1 is 0.727 bits per heavy atom. The van der Waals surface area contributed by atoms with Gasteiger partial charge in [-0.15, -0.1) is 5.10 Å². The van der Waals surface area contributed by atoms with Gasteiger partial charge in [0.25, 0.3) is 17.7 Å². The van der Waals surface area contributed by atoms with Crippen molar-refractivity contribution >= 4 is 69.0 Å². The topological polar surface area (TPSA) is 409 Å². The quantitative estimate of drug-likeness (QED) is 0.0122. The summed E-state index contributed by atoms with van der Waals surface area (Å²) in [7, 11) is 4.65. The number of anilines is 2. The van der Waals surface area contributed by atoms with Crippen LogP contribution in [-0.4, -0.2) is 258 Å². The van der Waals surface area contributed by atoms with Gasteiger partial charge in [-0.3, -0.25) is 24.0 Å². The highest BCUT2D eigenvalue weighted by molar-refractivity contribution is 6.39. The Morgan fingerprint density at radius 2 is 1.45 bits per heavy atom. The number of aryl methyl sites for hydroxylation is 2. The maximum atomic E-state index is 14.8. The number of methoxy groups -OCH3 is 3. The van der Waals surface area contributed by atoms with Gasteiger partial charge in [-0.2, -0.15) is 10.1 Å². The zero-order valence-corrected chi connectivity index (χ0v) is 72.7. The fraction of sp³-hybridized carbons (Fsp3) is 0.685. The number of hydrogen-bond donors (Lipinski definition) is 4. The first-order valence-electron chi connectivity index (χ1n) is 43.5. The lowest BCUT2D eigenvalue weighted by molar-refractivity contribution is -0.265. The average molecular weight is 1690 g/mol. The van der Waals surface area contributed by atoms with Crippen molar-refractivity contribution in [1.29, 1.82) is 0 Å². The molecule has 9 rings (SSSR count). The van der Waals surface area contributed by atoms with Crippen LogP contribution in [0.15, 0.2) is 82.7 Å². The lowest BCUT2D eigenvalue weighted by Gasteiger charge is -2.42. The normalized spacial score (nSPS) is 27.3.